The summed E-state index contributed by atoms with van der Waals surface area (Å²) in [4.78, 5) is 32.6. The van der Waals surface area contributed by atoms with E-state index in [9.17, 15) is 31.2 Å². The van der Waals surface area contributed by atoms with Gasteiger partial charge < -0.3 is 9.64 Å². The van der Waals surface area contributed by atoms with Crippen LogP contribution in [0.4, 0.5) is 29.3 Å². The molecule has 1 fully saturated rings. The molecular weight excluding hydrogens is 525 g/mol. The van der Waals surface area contributed by atoms with Gasteiger partial charge in [-0.1, -0.05) is 30.3 Å². The summed E-state index contributed by atoms with van der Waals surface area (Å²) in [5, 5.41) is 0. The van der Waals surface area contributed by atoms with Crippen molar-refractivity contribution < 1.29 is 35.9 Å². The number of carbonyl (C=O) groups is 2. The summed E-state index contributed by atoms with van der Waals surface area (Å²) < 4.78 is 69.4. The second-order valence-electron chi connectivity index (χ2n) is 8.99. The van der Waals surface area contributed by atoms with Crippen LogP contribution in [0.5, 0.6) is 5.75 Å². The van der Waals surface area contributed by atoms with Crippen molar-refractivity contribution in [2.45, 2.75) is 38.0 Å². The van der Waals surface area contributed by atoms with Crippen molar-refractivity contribution in [2.75, 3.05) is 9.62 Å². The Labute approximate surface area is 216 Å². The van der Waals surface area contributed by atoms with Crippen molar-refractivity contribution in [1.82, 2.24) is 9.88 Å². The molecule has 200 valence electrons. The molecule has 0 saturated carbocycles. The summed E-state index contributed by atoms with van der Waals surface area (Å²) in [7, 11) is -3.83. The van der Waals surface area contributed by atoms with E-state index in [2.05, 4.69) is 14.4 Å². The summed E-state index contributed by atoms with van der Waals surface area (Å²) in [5.41, 5.74) is -0.173. The zero-order chi connectivity index (χ0) is 27.7. The molecule has 2 aromatic carbocycles. The molecule has 3 aromatic rings. The molecule has 0 unspecified atom stereocenters. The maximum Gasteiger partial charge on any atom is 0.573 e. The predicted octanol–water partition coefficient (Wildman–Crippen LogP) is 4.67. The van der Waals surface area contributed by atoms with Gasteiger partial charge in [-0.25, -0.2) is 18.1 Å². The highest BCUT2D eigenvalue weighted by Gasteiger charge is 2.52. The molecule has 1 saturated heterocycles. The number of carbonyl (C=O) groups excluding carboxylic acids is 2. The highest BCUT2D eigenvalue weighted by atomic mass is 32.2. The SMILES string of the molecule is CC1(C)C(=O)N(c2ccc(OC(F)(F)F)cc2)C(=O)N1Cc1ccncc1NS(=O)(=O)Cc1ccccc1. The van der Waals surface area contributed by atoms with Crippen molar-refractivity contribution in [1.29, 1.82) is 0 Å². The Balaban J connectivity index is 1.56. The minimum atomic E-state index is -4.88. The zero-order valence-corrected chi connectivity index (χ0v) is 21.1. The molecule has 1 N–H and O–H groups in total. The van der Waals surface area contributed by atoms with Crippen molar-refractivity contribution in [3.8, 4) is 5.75 Å². The molecule has 13 heteroatoms. The van der Waals surface area contributed by atoms with Gasteiger partial charge in [0, 0.05) is 6.20 Å². The van der Waals surface area contributed by atoms with Crippen molar-refractivity contribution in [3.63, 3.8) is 0 Å². The quantitative estimate of drug-likeness (QED) is 0.410. The minimum Gasteiger partial charge on any atom is -0.406 e. The van der Waals surface area contributed by atoms with Gasteiger partial charge in [0.15, 0.2) is 0 Å². The summed E-state index contributed by atoms with van der Waals surface area (Å²) in [6.45, 7) is 2.90. The third-order valence-corrected chi connectivity index (χ3v) is 7.10. The predicted molar refractivity (Wildman–Crippen MR) is 133 cm³/mol. The molecule has 0 spiro atoms. The normalized spacial score (nSPS) is 15.6. The van der Waals surface area contributed by atoms with Gasteiger partial charge in [-0.2, -0.15) is 0 Å². The lowest BCUT2D eigenvalue weighted by Gasteiger charge is -2.28. The van der Waals surface area contributed by atoms with Crippen LogP contribution < -0.4 is 14.4 Å². The molecule has 38 heavy (non-hydrogen) atoms. The van der Waals surface area contributed by atoms with E-state index >= 15 is 0 Å². The van der Waals surface area contributed by atoms with Crippen LogP contribution in [0, 0.1) is 0 Å². The first-order valence-corrected chi connectivity index (χ1v) is 12.9. The monoisotopic (exact) mass is 548 g/mol. The Hall–Kier alpha value is -4.13. The number of nitrogens with one attached hydrogen (secondary N) is 1. The van der Waals surface area contributed by atoms with E-state index in [4.69, 9.17) is 0 Å². The number of amides is 3. The number of halogens is 3. The van der Waals surface area contributed by atoms with Crippen LogP contribution in [0.2, 0.25) is 0 Å². The fourth-order valence-electron chi connectivity index (χ4n) is 3.95. The Morgan fingerprint density at radius 2 is 1.66 bits per heavy atom. The Morgan fingerprint density at radius 1 is 1.00 bits per heavy atom. The summed E-state index contributed by atoms with van der Waals surface area (Å²) in [6, 6.07) is 13.7. The van der Waals surface area contributed by atoms with Crippen LogP contribution in [0.1, 0.15) is 25.0 Å². The average Bonchev–Trinajstić information content (AvgIpc) is 2.99. The first kappa shape index (κ1) is 26.9. The first-order valence-electron chi connectivity index (χ1n) is 11.3. The lowest BCUT2D eigenvalue weighted by Crippen LogP contribution is -2.43. The number of benzene rings is 2. The van der Waals surface area contributed by atoms with Crippen LogP contribution in [-0.4, -0.2) is 42.1 Å². The average molecular weight is 549 g/mol. The van der Waals surface area contributed by atoms with Crippen molar-refractivity contribution >= 4 is 33.3 Å². The number of hydrogen-bond acceptors (Lipinski definition) is 6. The molecule has 1 aromatic heterocycles. The van der Waals surface area contributed by atoms with Gasteiger partial charge in [0.25, 0.3) is 5.91 Å². The number of anilines is 2. The van der Waals surface area contributed by atoms with Crippen LogP contribution in [0.15, 0.2) is 73.1 Å². The molecule has 1 aliphatic heterocycles. The minimum absolute atomic E-state index is 0.0589. The molecule has 4 rings (SSSR count). The molecule has 9 nitrogen and oxygen atoms in total. The third kappa shape index (κ3) is 5.88. The third-order valence-electron chi connectivity index (χ3n) is 5.86. The second-order valence-corrected chi connectivity index (χ2v) is 10.7. The van der Waals surface area contributed by atoms with E-state index in [1.165, 1.54) is 49.3 Å². The van der Waals surface area contributed by atoms with Gasteiger partial charge in [-0.05, 0) is 55.3 Å². The number of hydrogen-bond donors (Lipinski definition) is 1. The number of rotatable bonds is 8. The molecule has 0 radical (unpaired) electrons. The number of sulfonamides is 1. The van der Waals surface area contributed by atoms with E-state index in [1.54, 1.807) is 30.3 Å². The first-order chi connectivity index (χ1) is 17.8. The van der Waals surface area contributed by atoms with Gasteiger partial charge in [-0.3, -0.25) is 14.5 Å². The van der Waals surface area contributed by atoms with Gasteiger partial charge in [0.2, 0.25) is 10.0 Å². The highest BCUT2D eigenvalue weighted by molar-refractivity contribution is 7.91. The lowest BCUT2D eigenvalue weighted by molar-refractivity contribution is -0.274. The van der Waals surface area contributed by atoms with Crippen LogP contribution >= 0.6 is 0 Å². The largest absolute Gasteiger partial charge is 0.573 e. The topological polar surface area (TPSA) is 109 Å². The summed E-state index contributed by atoms with van der Waals surface area (Å²) in [6.07, 6.45) is -2.15. The van der Waals surface area contributed by atoms with Gasteiger partial charge >= 0.3 is 12.4 Å². The number of urea groups is 1. The fourth-order valence-corrected chi connectivity index (χ4v) is 5.17. The van der Waals surface area contributed by atoms with Gasteiger partial charge in [0.05, 0.1) is 29.9 Å². The number of imide groups is 1. The van der Waals surface area contributed by atoms with Crippen LogP contribution in [0.3, 0.4) is 0 Å². The Morgan fingerprint density at radius 3 is 2.29 bits per heavy atom. The smallest absolute Gasteiger partial charge is 0.406 e. The number of pyridine rings is 1. The van der Waals surface area contributed by atoms with Crippen LogP contribution in [-0.2, 0) is 27.1 Å². The van der Waals surface area contributed by atoms with E-state index < -0.39 is 39.6 Å². The maximum atomic E-state index is 13.4. The second kappa shape index (κ2) is 9.97. The molecule has 3 amide bonds. The van der Waals surface area contributed by atoms with E-state index in [0.29, 0.717) is 11.1 Å². The number of aromatic nitrogens is 1. The molecule has 0 atom stereocenters. The van der Waals surface area contributed by atoms with Gasteiger partial charge in [-0.15, -0.1) is 13.2 Å². The molecule has 1 aliphatic rings. The fraction of sp³-hybridized carbons (Fsp3) is 0.240. The number of nitrogens with zero attached hydrogens (tertiary/aromatic N) is 3. The number of alkyl halides is 3. The zero-order valence-electron chi connectivity index (χ0n) is 20.3. The summed E-state index contributed by atoms with van der Waals surface area (Å²) >= 11 is 0. The Kier molecular flexibility index (Phi) is 7.06. The lowest BCUT2D eigenvalue weighted by atomic mass is 10.0. The van der Waals surface area contributed by atoms with Crippen molar-refractivity contribution in [3.05, 3.63) is 84.2 Å². The number of ether oxygens (including phenoxy) is 1. The summed E-state index contributed by atoms with van der Waals surface area (Å²) in [5.74, 6) is -1.38. The highest BCUT2D eigenvalue weighted by Crippen LogP contribution is 2.35. The van der Waals surface area contributed by atoms with Gasteiger partial charge in [0.1, 0.15) is 11.3 Å². The maximum absolute atomic E-state index is 13.4. The van der Waals surface area contributed by atoms with E-state index in [1.807, 2.05) is 0 Å². The van der Waals surface area contributed by atoms with E-state index in [-0.39, 0.29) is 23.7 Å². The molecule has 0 aliphatic carbocycles. The molecular formula is C25H23F3N4O5S. The van der Waals surface area contributed by atoms with Crippen molar-refractivity contribution in [2.24, 2.45) is 0 Å². The Bertz CT molecular complexity index is 1450. The molecule has 2 heterocycles. The molecule has 0 bridgehead atoms. The van der Waals surface area contributed by atoms with Crippen LogP contribution in [0.25, 0.3) is 0 Å². The van der Waals surface area contributed by atoms with E-state index in [0.717, 1.165) is 17.0 Å². The standard InChI is InChI=1S/C25H23F3N4O5S/c1-24(2)22(33)32(19-8-10-20(11-9-19)37-25(26,27)28)23(34)31(24)15-18-12-13-29-14-21(18)30-38(35,36)16-17-6-4-3-5-7-17/h3-14,30H,15-16H2,1-2H3.